The number of carbonyl (C=O) groups is 3. The Balaban J connectivity index is 1.40. The molecular weight excluding hydrogens is 518 g/mol. The standard InChI is InChI=1S/C34H23NO4S/c36-32(26-15-14-23-8-4-5-9-25(23)16-26)29-20-40-30-18-27(22-6-2-1-3-7-22)17-28(31(29)30)33(37)35-19-21-10-12-24(13-11-21)34(38)39/h1-18,20H,19H2,(H,35,37)(H,38,39). The first kappa shape index (κ1) is 25.2. The van der Waals surface area contributed by atoms with Gasteiger partial charge in [-0.15, -0.1) is 11.3 Å². The average Bonchev–Trinajstić information content (AvgIpc) is 3.43. The van der Waals surface area contributed by atoms with E-state index in [1.54, 1.807) is 12.1 Å². The molecule has 0 aliphatic heterocycles. The Labute approximate surface area is 234 Å². The first-order chi connectivity index (χ1) is 19.5. The van der Waals surface area contributed by atoms with Crippen molar-refractivity contribution in [2.75, 3.05) is 0 Å². The molecule has 5 aromatic carbocycles. The van der Waals surface area contributed by atoms with E-state index in [9.17, 15) is 14.4 Å². The number of amides is 1. The van der Waals surface area contributed by atoms with Gasteiger partial charge in [0.25, 0.3) is 5.91 Å². The maximum Gasteiger partial charge on any atom is 0.335 e. The zero-order valence-corrected chi connectivity index (χ0v) is 22.1. The zero-order chi connectivity index (χ0) is 27.6. The van der Waals surface area contributed by atoms with E-state index in [0.717, 1.165) is 32.2 Å². The van der Waals surface area contributed by atoms with E-state index < -0.39 is 5.97 Å². The van der Waals surface area contributed by atoms with Gasteiger partial charge in [0.15, 0.2) is 5.78 Å². The number of carboxylic acid groups (broad SMARTS) is 1. The van der Waals surface area contributed by atoms with Gasteiger partial charge in [-0.1, -0.05) is 78.9 Å². The highest BCUT2D eigenvalue weighted by Gasteiger charge is 2.22. The third kappa shape index (κ3) is 4.88. The molecule has 2 N–H and O–H groups in total. The number of fused-ring (bicyclic) bond motifs is 2. The lowest BCUT2D eigenvalue weighted by atomic mass is 9.94. The predicted molar refractivity (Wildman–Crippen MR) is 159 cm³/mol. The van der Waals surface area contributed by atoms with Gasteiger partial charge in [0.2, 0.25) is 0 Å². The van der Waals surface area contributed by atoms with Gasteiger partial charge in [-0.25, -0.2) is 4.79 Å². The fraction of sp³-hybridized carbons (Fsp3) is 0.0294. The zero-order valence-electron chi connectivity index (χ0n) is 21.3. The van der Waals surface area contributed by atoms with E-state index in [2.05, 4.69) is 5.32 Å². The topological polar surface area (TPSA) is 83.5 Å². The first-order valence-electron chi connectivity index (χ1n) is 12.7. The van der Waals surface area contributed by atoms with Gasteiger partial charge < -0.3 is 10.4 Å². The first-order valence-corrected chi connectivity index (χ1v) is 13.6. The maximum absolute atomic E-state index is 13.8. The van der Waals surface area contributed by atoms with Crippen LogP contribution in [0.2, 0.25) is 0 Å². The highest BCUT2D eigenvalue weighted by Crippen LogP contribution is 2.35. The number of hydrogen-bond donors (Lipinski definition) is 2. The summed E-state index contributed by atoms with van der Waals surface area (Å²) in [6, 6.07) is 33.6. The minimum atomic E-state index is -1.00. The van der Waals surface area contributed by atoms with Crippen molar-refractivity contribution in [3.8, 4) is 11.1 Å². The minimum Gasteiger partial charge on any atom is -0.478 e. The molecule has 0 fully saturated rings. The van der Waals surface area contributed by atoms with Crippen LogP contribution < -0.4 is 5.32 Å². The Hall–Kier alpha value is -5.07. The van der Waals surface area contributed by atoms with Gasteiger partial charge >= 0.3 is 5.97 Å². The molecule has 1 amide bonds. The summed E-state index contributed by atoms with van der Waals surface area (Å²) in [7, 11) is 0. The Kier molecular flexibility index (Phi) is 6.68. The summed E-state index contributed by atoms with van der Waals surface area (Å²) in [5.41, 5.74) is 4.29. The highest BCUT2D eigenvalue weighted by molar-refractivity contribution is 7.17. The maximum atomic E-state index is 13.8. The molecular formula is C34H23NO4S. The van der Waals surface area contributed by atoms with Gasteiger partial charge in [-0.2, -0.15) is 0 Å². The second kappa shape index (κ2) is 10.6. The van der Waals surface area contributed by atoms with E-state index in [0.29, 0.717) is 22.1 Å². The van der Waals surface area contributed by atoms with Gasteiger partial charge in [0.05, 0.1) is 5.56 Å². The Morgan fingerprint density at radius 3 is 2.12 bits per heavy atom. The van der Waals surface area contributed by atoms with E-state index in [-0.39, 0.29) is 23.8 Å². The fourth-order valence-corrected chi connectivity index (χ4v) is 5.84. The Morgan fingerprint density at radius 2 is 1.38 bits per heavy atom. The largest absolute Gasteiger partial charge is 0.478 e. The lowest BCUT2D eigenvalue weighted by Crippen LogP contribution is -2.23. The number of aromatic carboxylic acids is 1. The van der Waals surface area contributed by atoms with Crippen LogP contribution in [0, 0.1) is 0 Å². The number of nitrogens with one attached hydrogen (secondary N) is 1. The molecule has 0 saturated heterocycles. The lowest BCUT2D eigenvalue weighted by Gasteiger charge is -2.11. The van der Waals surface area contributed by atoms with Crippen molar-refractivity contribution in [2.45, 2.75) is 6.54 Å². The summed E-state index contributed by atoms with van der Waals surface area (Å²) in [5.74, 6) is -1.45. The molecule has 6 heteroatoms. The molecule has 0 bridgehead atoms. The monoisotopic (exact) mass is 541 g/mol. The van der Waals surface area contributed by atoms with Crippen molar-refractivity contribution in [1.82, 2.24) is 5.32 Å². The van der Waals surface area contributed by atoms with Crippen LogP contribution in [0.5, 0.6) is 0 Å². The summed E-state index contributed by atoms with van der Waals surface area (Å²) < 4.78 is 0.849. The second-order valence-corrected chi connectivity index (χ2v) is 10.4. The molecule has 5 nitrogen and oxygen atoms in total. The van der Waals surface area contributed by atoms with Crippen LogP contribution in [-0.4, -0.2) is 22.8 Å². The summed E-state index contributed by atoms with van der Waals surface area (Å²) in [4.78, 5) is 38.6. The number of hydrogen-bond acceptors (Lipinski definition) is 4. The Morgan fingerprint density at radius 1 is 0.675 bits per heavy atom. The molecule has 0 aliphatic carbocycles. The molecule has 0 atom stereocenters. The van der Waals surface area contributed by atoms with E-state index in [1.165, 1.54) is 23.5 Å². The number of ketones is 1. The predicted octanol–water partition coefficient (Wildman–Crippen LogP) is 7.58. The van der Waals surface area contributed by atoms with Gasteiger partial charge in [-0.05, 0) is 57.8 Å². The number of thiophene rings is 1. The number of benzene rings is 5. The molecule has 0 spiro atoms. The van der Waals surface area contributed by atoms with Crippen LogP contribution in [-0.2, 0) is 6.54 Å². The summed E-state index contributed by atoms with van der Waals surface area (Å²) in [5, 5.41) is 16.6. The lowest BCUT2D eigenvalue weighted by molar-refractivity contribution is 0.0696. The molecule has 0 unspecified atom stereocenters. The van der Waals surface area contributed by atoms with Crippen molar-refractivity contribution in [3.05, 3.63) is 142 Å². The smallest absolute Gasteiger partial charge is 0.335 e. The number of carbonyl (C=O) groups excluding carboxylic acids is 2. The summed E-state index contributed by atoms with van der Waals surface area (Å²) in [6.45, 7) is 0.216. The van der Waals surface area contributed by atoms with Gasteiger partial charge in [-0.3, -0.25) is 9.59 Å². The summed E-state index contributed by atoms with van der Waals surface area (Å²) >= 11 is 1.44. The van der Waals surface area contributed by atoms with E-state index in [4.69, 9.17) is 5.11 Å². The van der Waals surface area contributed by atoms with Crippen LogP contribution >= 0.6 is 11.3 Å². The SMILES string of the molecule is O=C(O)c1ccc(CNC(=O)c2cc(-c3ccccc3)cc3scc(C(=O)c4ccc5ccccc5c4)c23)cc1. The van der Waals surface area contributed by atoms with Crippen LogP contribution in [0.15, 0.2) is 115 Å². The van der Waals surface area contributed by atoms with E-state index in [1.807, 2.05) is 90.3 Å². The minimum absolute atomic E-state index is 0.136. The number of carboxylic acids is 1. The van der Waals surface area contributed by atoms with Gasteiger partial charge in [0.1, 0.15) is 0 Å². The van der Waals surface area contributed by atoms with Crippen molar-refractivity contribution in [1.29, 1.82) is 0 Å². The third-order valence-electron chi connectivity index (χ3n) is 6.94. The second-order valence-electron chi connectivity index (χ2n) is 9.49. The fourth-order valence-electron chi connectivity index (χ4n) is 4.84. The highest BCUT2D eigenvalue weighted by atomic mass is 32.1. The van der Waals surface area contributed by atoms with Crippen molar-refractivity contribution >= 4 is 49.9 Å². The van der Waals surface area contributed by atoms with Crippen molar-refractivity contribution < 1.29 is 19.5 Å². The number of rotatable bonds is 7. The molecule has 6 aromatic rings. The van der Waals surface area contributed by atoms with Crippen molar-refractivity contribution in [2.24, 2.45) is 0 Å². The molecule has 1 aromatic heterocycles. The molecule has 194 valence electrons. The van der Waals surface area contributed by atoms with Crippen LogP contribution in [0.25, 0.3) is 32.0 Å². The van der Waals surface area contributed by atoms with Crippen LogP contribution in [0.1, 0.15) is 42.2 Å². The van der Waals surface area contributed by atoms with Crippen molar-refractivity contribution in [3.63, 3.8) is 0 Å². The third-order valence-corrected chi connectivity index (χ3v) is 7.87. The molecule has 40 heavy (non-hydrogen) atoms. The quantitative estimate of drug-likeness (QED) is 0.204. The van der Waals surface area contributed by atoms with E-state index >= 15 is 0 Å². The molecule has 0 radical (unpaired) electrons. The average molecular weight is 542 g/mol. The normalized spacial score (nSPS) is 11.0. The summed E-state index contributed by atoms with van der Waals surface area (Å²) in [6.07, 6.45) is 0. The Bertz CT molecular complexity index is 1910. The van der Waals surface area contributed by atoms with Crippen LogP contribution in [0.3, 0.4) is 0 Å². The van der Waals surface area contributed by atoms with Crippen LogP contribution in [0.4, 0.5) is 0 Å². The molecule has 0 saturated carbocycles. The molecule has 0 aliphatic rings. The van der Waals surface area contributed by atoms with Gasteiger partial charge in [0, 0.05) is 38.7 Å². The molecule has 1 heterocycles. The molecule has 6 rings (SSSR count).